The molecule has 0 bridgehead atoms. The molecule has 1 aliphatic rings. The van der Waals surface area contributed by atoms with E-state index in [4.69, 9.17) is 5.11 Å². The molecule has 1 fully saturated rings. The molecule has 2 aromatic rings. The van der Waals surface area contributed by atoms with Gasteiger partial charge in [-0.1, -0.05) is 30.3 Å². The van der Waals surface area contributed by atoms with Gasteiger partial charge in [0.15, 0.2) is 5.13 Å². The first-order valence-corrected chi connectivity index (χ1v) is 9.22. The Labute approximate surface area is 154 Å². The van der Waals surface area contributed by atoms with Crippen LogP contribution >= 0.6 is 11.3 Å². The minimum absolute atomic E-state index is 0.196. The fourth-order valence-electron chi connectivity index (χ4n) is 2.90. The van der Waals surface area contributed by atoms with E-state index in [0.29, 0.717) is 24.5 Å². The van der Waals surface area contributed by atoms with Crippen LogP contribution in [0.15, 0.2) is 35.7 Å². The van der Waals surface area contributed by atoms with E-state index in [2.05, 4.69) is 10.3 Å². The SMILES string of the molecule is O=C(Cc1ccccc1)Nc1nc(C(=O)N2CCCC(C(=O)O)C2)cs1. The molecule has 0 radical (unpaired) electrons. The van der Waals surface area contributed by atoms with Crippen molar-refractivity contribution in [3.8, 4) is 0 Å². The lowest BCUT2D eigenvalue weighted by Gasteiger charge is -2.30. The van der Waals surface area contributed by atoms with Crippen molar-refractivity contribution in [2.75, 3.05) is 18.4 Å². The maximum Gasteiger partial charge on any atom is 0.308 e. The number of anilines is 1. The highest BCUT2D eigenvalue weighted by atomic mass is 32.1. The van der Waals surface area contributed by atoms with Gasteiger partial charge in [-0.2, -0.15) is 0 Å². The van der Waals surface area contributed by atoms with Gasteiger partial charge in [-0.3, -0.25) is 14.4 Å². The molecule has 2 N–H and O–H groups in total. The number of nitrogens with one attached hydrogen (secondary N) is 1. The number of carbonyl (C=O) groups excluding carboxylic acids is 2. The molecule has 8 heteroatoms. The highest BCUT2D eigenvalue weighted by Crippen LogP contribution is 2.21. The molecule has 1 saturated heterocycles. The predicted molar refractivity (Wildman–Crippen MR) is 97.2 cm³/mol. The van der Waals surface area contributed by atoms with Gasteiger partial charge >= 0.3 is 5.97 Å². The van der Waals surface area contributed by atoms with Crippen LogP contribution in [0.5, 0.6) is 0 Å². The third-order valence-corrected chi connectivity index (χ3v) is 4.99. The van der Waals surface area contributed by atoms with Crippen LogP contribution in [0.4, 0.5) is 5.13 Å². The van der Waals surface area contributed by atoms with Gasteiger partial charge in [-0.05, 0) is 18.4 Å². The number of nitrogens with zero attached hydrogens (tertiary/aromatic N) is 2. The van der Waals surface area contributed by atoms with E-state index in [0.717, 1.165) is 5.56 Å². The Bertz CT molecular complexity index is 806. The maximum absolute atomic E-state index is 12.5. The normalized spacial score (nSPS) is 16.9. The largest absolute Gasteiger partial charge is 0.481 e. The number of hydrogen-bond acceptors (Lipinski definition) is 5. The van der Waals surface area contributed by atoms with Crippen LogP contribution in [-0.2, 0) is 16.0 Å². The third-order valence-electron chi connectivity index (χ3n) is 4.24. The molecule has 1 unspecified atom stereocenters. The third kappa shape index (κ3) is 4.45. The summed E-state index contributed by atoms with van der Waals surface area (Å²) >= 11 is 1.18. The molecule has 0 saturated carbocycles. The molecular weight excluding hydrogens is 354 g/mol. The van der Waals surface area contributed by atoms with Gasteiger partial charge in [0, 0.05) is 18.5 Å². The summed E-state index contributed by atoms with van der Waals surface area (Å²) in [6.45, 7) is 0.719. The summed E-state index contributed by atoms with van der Waals surface area (Å²) < 4.78 is 0. The second kappa shape index (κ2) is 8.09. The van der Waals surface area contributed by atoms with Crippen molar-refractivity contribution in [1.29, 1.82) is 0 Å². The molecule has 26 heavy (non-hydrogen) atoms. The average Bonchev–Trinajstić information content (AvgIpc) is 3.10. The van der Waals surface area contributed by atoms with Crippen LogP contribution in [0.1, 0.15) is 28.9 Å². The number of piperidine rings is 1. The van der Waals surface area contributed by atoms with E-state index in [1.54, 1.807) is 5.38 Å². The van der Waals surface area contributed by atoms with Crippen molar-refractivity contribution in [2.24, 2.45) is 5.92 Å². The smallest absolute Gasteiger partial charge is 0.308 e. The molecule has 136 valence electrons. The lowest BCUT2D eigenvalue weighted by Crippen LogP contribution is -2.42. The Kier molecular flexibility index (Phi) is 5.62. The van der Waals surface area contributed by atoms with Gasteiger partial charge in [-0.25, -0.2) is 4.98 Å². The Hall–Kier alpha value is -2.74. The van der Waals surface area contributed by atoms with E-state index >= 15 is 0 Å². The zero-order valence-electron chi connectivity index (χ0n) is 14.1. The molecule has 1 aromatic heterocycles. The average molecular weight is 373 g/mol. The number of likely N-dealkylation sites (tertiary alicyclic amines) is 1. The summed E-state index contributed by atoms with van der Waals surface area (Å²) in [7, 11) is 0. The maximum atomic E-state index is 12.5. The summed E-state index contributed by atoms with van der Waals surface area (Å²) in [5, 5.41) is 13.8. The lowest BCUT2D eigenvalue weighted by molar-refractivity contribution is -0.143. The second-order valence-corrected chi connectivity index (χ2v) is 7.04. The summed E-state index contributed by atoms with van der Waals surface area (Å²) in [6.07, 6.45) is 1.47. The molecule has 0 spiro atoms. The monoisotopic (exact) mass is 373 g/mol. The molecule has 2 heterocycles. The number of carboxylic acids is 1. The number of aromatic nitrogens is 1. The standard InChI is InChI=1S/C18H19N3O4S/c22-15(9-12-5-2-1-3-6-12)20-18-19-14(11-26-18)16(23)21-8-4-7-13(10-21)17(24)25/h1-3,5-6,11,13H,4,7-10H2,(H,24,25)(H,19,20,22). The van der Waals surface area contributed by atoms with Crippen LogP contribution in [-0.4, -0.2) is 45.9 Å². The quantitative estimate of drug-likeness (QED) is 0.837. The molecule has 2 amide bonds. The van der Waals surface area contributed by atoms with Crippen LogP contribution in [0.3, 0.4) is 0 Å². The summed E-state index contributed by atoms with van der Waals surface area (Å²) in [6, 6.07) is 9.35. The van der Waals surface area contributed by atoms with Crippen LogP contribution in [0, 0.1) is 5.92 Å². The van der Waals surface area contributed by atoms with Crippen LogP contribution < -0.4 is 5.32 Å². The number of benzene rings is 1. The minimum atomic E-state index is -0.880. The number of hydrogen-bond donors (Lipinski definition) is 2. The van der Waals surface area contributed by atoms with Gasteiger partial charge < -0.3 is 15.3 Å². The Balaban J connectivity index is 1.59. The Morgan fingerprint density at radius 2 is 2.04 bits per heavy atom. The first-order valence-electron chi connectivity index (χ1n) is 8.34. The van der Waals surface area contributed by atoms with Gasteiger partial charge in [0.1, 0.15) is 5.69 Å². The predicted octanol–water partition coefficient (Wildman–Crippen LogP) is 2.26. The first kappa shape index (κ1) is 18.1. The van der Waals surface area contributed by atoms with Crippen molar-refractivity contribution in [2.45, 2.75) is 19.3 Å². The van der Waals surface area contributed by atoms with Crippen molar-refractivity contribution in [3.63, 3.8) is 0 Å². The summed E-state index contributed by atoms with van der Waals surface area (Å²) in [5.74, 6) is -1.91. The summed E-state index contributed by atoms with van der Waals surface area (Å²) in [5.41, 5.74) is 1.13. The van der Waals surface area contributed by atoms with Crippen molar-refractivity contribution < 1.29 is 19.5 Å². The molecule has 1 atom stereocenters. The second-order valence-electron chi connectivity index (χ2n) is 6.18. The van der Waals surface area contributed by atoms with Crippen LogP contribution in [0.2, 0.25) is 0 Å². The van der Waals surface area contributed by atoms with Gasteiger partial charge in [-0.15, -0.1) is 11.3 Å². The van der Waals surface area contributed by atoms with Crippen LogP contribution in [0.25, 0.3) is 0 Å². The van der Waals surface area contributed by atoms with Gasteiger partial charge in [0.25, 0.3) is 5.91 Å². The molecule has 7 nitrogen and oxygen atoms in total. The zero-order valence-corrected chi connectivity index (χ0v) is 14.9. The Morgan fingerprint density at radius 3 is 2.77 bits per heavy atom. The number of thiazole rings is 1. The number of amides is 2. The number of aliphatic carboxylic acids is 1. The van der Waals surface area contributed by atoms with Crippen molar-refractivity contribution in [3.05, 3.63) is 47.0 Å². The number of carbonyl (C=O) groups is 3. The minimum Gasteiger partial charge on any atom is -0.481 e. The number of carboxylic acid groups (broad SMARTS) is 1. The van der Waals surface area contributed by atoms with E-state index in [9.17, 15) is 14.4 Å². The van der Waals surface area contributed by atoms with E-state index in [1.165, 1.54) is 16.2 Å². The molecule has 0 aliphatic carbocycles. The molecule has 1 aliphatic heterocycles. The van der Waals surface area contributed by atoms with E-state index in [1.807, 2.05) is 30.3 Å². The fraction of sp³-hybridized carbons (Fsp3) is 0.333. The van der Waals surface area contributed by atoms with Gasteiger partial charge in [0.05, 0.1) is 12.3 Å². The zero-order chi connectivity index (χ0) is 18.5. The fourth-order valence-corrected chi connectivity index (χ4v) is 3.60. The molecule has 1 aromatic carbocycles. The van der Waals surface area contributed by atoms with Crippen molar-refractivity contribution in [1.82, 2.24) is 9.88 Å². The molecular formula is C18H19N3O4S. The number of rotatable bonds is 5. The highest BCUT2D eigenvalue weighted by molar-refractivity contribution is 7.14. The summed E-state index contributed by atoms with van der Waals surface area (Å²) in [4.78, 5) is 41.4. The van der Waals surface area contributed by atoms with E-state index < -0.39 is 11.9 Å². The highest BCUT2D eigenvalue weighted by Gasteiger charge is 2.29. The lowest BCUT2D eigenvalue weighted by atomic mass is 9.98. The first-order chi connectivity index (χ1) is 12.5. The Morgan fingerprint density at radius 1 is 1.27 bits per heavy atom. The van der Waals surface area contributed by atoms with Gasteiger partial charge in [0.2, 0.25) is 5.91 Å². The molecule has 3 rings (SSSR count). The topological polar surface area (TPSA) is 99.6 Å². The van der Waals surface area contributed by atoms with E-state index in [-0.39, 0.29) is 30.5 Å². The van der Waals surface area contributed by atoms with Crippen molar-refractivity contribution >= 4 is 34.3 Å².